The van der Waals surface area contributed by atoms with Crippen LogP contribution in [0.2, 0.25) is 0 Å². The minimum Gasteiger partial charge on any atom is -0.466 e. The lowest BCUT2D eigenvalue weighted by atomic mass is 10.2. The molecule has 0 bridgehead atoms. The zero-order valence-electron chi connectivity index (χ0n) is 13.3. The highest BCUT2D eigenvalue weighted by Gasteiger charge is 2.04. The molecule has 0 unspecified atom stereocenters. The van der Waals surface area contributed by atoms with Gasteiger partial charge in [0.2, 0.25) is 0 Å². The van der Waals surface area contributed by atoms with Crippen LogP contribution in [0.1, 0.15) is 52.9 Å². The van der Waals surface area contributed by atoms with E-state index in [4.69, 9.17) is 4.74 Å². The molecule has 0 radical (unpaired) electrons. The van der Waals surface area contributed by atoms with E-state index in [1.54, 1.807) is 6.92 Å². The first-order chi connectivity index (χ1) is 9.40. The molecule has 0 aliphatic carbocycles. The second-order valence-corrected chi connectivity index (χ2v) is 4.43. The molecule has 0 aliphatic heterocycles. The second-order valence-electron chi connectivity index (χ2n) is 4.43. The summed E-state index contributed by atoms with van der Waals surface area (Å²) in [5, 5.41) is 0. The summed E-state index contributed by atoms with van der Waals surface area (Å²) in [5.74, 6) is -0.584. The standard InChI is InChI=1S/C11H20O2.C5H8O2/c1-4-6-7-8-9-13-11(12)10(3)5-2;1-4(2)5(6)7-3/h3-9H2,1-2H3;1H2,2-3H3. The minimum atomic E-state index is -0.347. The van der Waals surface area contributed by atoms with Gasteiger partial charge in [0.15, 0.2) is 0 Å². The fraction of sp³-hybridized carbons (Fsp3) is 0.625. The van der Waals surface area contributed by atoms with E-state index in [0.29, 0.717) is 24.2 Å². The summed E-state index contributed by atoms with van der Waals surface area (Å²) in [5.41, 5.74) is 0.998. The van der Waals surface area contributed by atoms with Crippen LogP contribution in [-0.2, 0) is 19.1 Å². The van der Waals surface area contributed by atoms with E-state index < -0.39 is 0 Å². The van der Waals surface area contributed by atoms with Crippen molar-refractivity contribution in [1.82, 2.24) is 0 Å². The Kier molecular flexibility index (Phi) is 14.3. The molecule has 0 saturated carbocycles. The number of ether oxygens (including phenoxy) is 2. The van der Waals surface area contributed by atoms with Gasteiger partial charge in [0, 0.05) is 11.1 Å². The summed E-state index contributed by atoms with van der Waals surface area (Å²) in [4.78, 5) is 21.3. The average Bonchev–Trinajstić information content (AvgIpc) is 2.45. The normalized spacial score (nSPS) is 9.00. The largest absolute Gasteiger partial charge is 0.466 e. The van der Waals surface area contributed by atoms with Crippen molar-refractivity contribution >= 4 is 11.9 Å². The van der Waals surface area contributed by atoms with Crippen molar-refractivity contribution in [1.29, 1.82) is 0 Å². The van der Waals surface area contributed by atoms with Crippen LogP contribution in [0.25, 0.3) is 0 Å². The van der Waals surface area contributed by atoms with E-state index >= 15 is 0 Å². The Morgan fingerprint density at radius 2 is 1.60 bits per heavy atom. The monoisotopic (exact) mass is 284 g/mol. The lowest BCUT2D eigenvalue weighted by Gasteiger charge is -2.04. The van der Waals surface area contributed by atoms with Crippen LogP contribution in [0.3, 0.4) is 0 Å². The zero-order valence-corrected chi connectivity index (χ0v) is 13.3. The van der Waals surface area contributed by atoms with Crippen molar-refractivity contribution in [2.24, 2.45) is 0 Å². The van der Waals surface area contributed by atoms with Gasteiger partial charge in [0.1, 0.15) is 0 Å². The van der Waals surface area contributed by atoms with Gasteiger partial charge in [-0.05, 0) is 19.8 Å². The first-order valence-electron chi connectivity index (χ1n) is 6.99. The van der Waals surface area contributed by atoms with Crippen LogP contribution >= 0.6 is 0 Å². The van der Waals surface area contributed by atoms with Crippen LogP contribution in [0, 0.1) is 0 Å². The number of carbonyl (C=O) groups is 2. The van der Waals surface area contributed by atoms with E-state index in [9.17, 15) is 9.59 Å². The van der Waals surface area contributed by atoms with Crippen LogP contribution in [0.5, 0.6) is 0 Å². The summed E-state index contributed by atoms with van der Waals surface area (Å²) >= 11 is 0. The highest BCUT2D eigenvalue weighted by Crippen LogP contribution is 2.03. The first kappa shape index (κ1) is 20.7. The molecule has 0 aromatic heterocycles. The molecule has 0 amide bonds. The van der Waals surface area contributed by atoms with Crippen molar-refractivity contribution in [2.75, 3.05) is 13.7 Å². The Morgan fingerprint density at radius 1 is 1.00 bits per heavy atom. The number of methoxy groups -OCH3 is 1. The predicted molar refractivity (Wildman–Crippen MR) is 81.4 cm³/mol. The van der Waals surface area contributed by atoms with Gasteiger partial charge in [-0.25, -0.2) is 9.59 Å². The highest BCUT2D eigenvalue weighted by molar-refractivity contribution is 5.87. The molecule has 0 aliphatic rings. The molecule has 4 heteroatoms. The van der Waals surface area contributed by atoms with Gasteiger partial charge in [-0.3, -0.25) is 0 Å². The summed E-state index contributed by atoms with van der Waals surface area (Å²) in [6.45, 7) is 13.2. The van der Waals surface area contributed by atoms with Crippen molar-refractivity contribution in [3.8, 4) is 0 Å². The van der Waals surface area contributed by atoms with Crippen molar-refractivity contribution in [3.63, 3.8) is 0 Å². The fourth-order valence-corrected chi connectivity index (χ4v) is 1.11. The Hall–Kier alpha value is -1.58. The molecular weight excluding hydrogens is 256 g/mol. The third kappa shape index (κ3) is 12.9. The summed E-state index contributed by atoms with van der Waals surface area (Å²) in [6, 6.07) is 0. The highest BCUT2D eigenvalue weighted by atomic mass is 16.5. The smallest absolute Gasteiger partial charge is 0.333 e. The molecular formula is C16H28O4. The zero-order chi connectivity index (χ0) is 16.0. The molecule has 0 N–H and O–H groups in total. The Morgan fingerprint density at radius 3 is 1.95 bits per heavy atom. The van der Waals surface area contributed by atoms with Gasteiger partial charge >= 0.3 is 11.9 Å². The van der Waals surface area contributed by atoms with Crippen molar-refractivity contribution in [3.05, 3.63) is 24.3 Å². The SMILES string of the molecule is C=C(C)C(=O)OC.C=C(CC)C(=O)OCCCCCC. The maximum absolute atomic E-state index is 11.1. The van der Waals surface area contributed by atoms with Crippen molar-refractivity contribution in [2.45, 2.75) is 52.9 Å². The summed E-state index contributed by atoms with van der Waals surface area (Å²) in [6.07, 6.45) is 5.20. The van der Waals surface area contributed by atoms with Crippen LogP contribution in [-0.4, -0.2) is 25.7 Å². The van der Waals surface area contributed by atoms with Gasteiger partial charge in [-0.15, -0.1) is 0 Å². The summed E-state index contributed by atoms with van der Waals surface area (Å²) < 4.78 is 9.28. The third-order valence-electron chi connectivity index (χ3n) is 2.48. The topological polar surface area (TPSA) is 52.6 Å². The van der Waals surface area contributed by atoms with E-state index in [-0.39, 0.29) is 11.9 Å². The second kappa shape index (κ2) is 13.8. The summed E-state index contributed by atoms with van der Waals surface area (Å²) in [7, 11) is 1.33. The predicted octanol–water partition coefficient (Wildman–Crippen LogP) is 3.81. The van der Waals surface area contributed by atoms with Crippen LogP contribution < -0.4 is 0 Å². The molecule has 0 atom stereocenters. The quantitative estimate of drug-likeness (QED) is 0.386. The molecule has 0 fully saturated rings. The van der Waals surface area contributed by atoms with Gasteiger partial charge in [-0.2, -0.15) is 0 Å². The van der Waals surface area contributed by atoms with Crippen LogP contribution in [0.15, 0.2) is 24.3 Å². The third-order valence-corrected chi connectivity index (χ3v) is 2.48. The number of esters is 2. The van der Waals surface area contributed by atoms with Gasteiger partial charge < -0.3 is 9.47 Å². The maximum atomic E-state index is 11.1. The molecule has 0 spiro atoms. The molecule has 20 heavy (non-hydrogen) atoms. The van der Waals surface area contributed by atoms with Gasteiger partial charge in [0.25, 0.3) is 0 Å². The fourth-order valence-electron chi connectivity index (χ4n) is 1.11. The number of rotatable bonds is 8. The van der Waals surface area contributed by atoms with Gasteiger partial charge in [0.05, 0.1) is 13.7 Å². The molecule has 0 saturated heterocycles. The van der Waals surface area contributed by atoms with E-state index in [1.807, 2.05) is 6.92 Å². The minimum absolute atomic E-state index is 0.237. The molecule has 0 heterocycles. The van der Waals surface area contributed by atoms with E-state index in [0.717, 1.165) is 12.8 Å². The Bertz CT molecular complexity index is 318. The number of carbonyl (C=O) groups excluding carboxylic acids is 2. The number of unbranched alkanes of at least 4 members (excludes halogenated alkanes) is 3. The maximum Gasteiger partial charge on any atom is 0.333 e. The number of hydrogen-bond acceptors (Lipinski definition) is 4. The van der Waals surface area contributed by atoms with Crippen LogP contribution in [0.4, 0.5) is 0 Å². The molecule has 0 aromatic carbocycles. The van der Waals surface area contributed by atoms with Crippen molar-refractivity contribution < 1.29 is 19.1 Å². The Balaban J connectivity index is 0. The number of hydrogen-bond donors (Lipinski definition) is 0. The van der Waals surface area contributed by atoms with E-state index in [1.165, 1.54) is 20.0 Å². The lowest BCUT2D eigenvalue weighted by Crippen LogP contribution is -2.07. The molecule has 0 rings (SSSR count). The van der Waals surface area contributed by atoms with Gasteiger partial charge in [-0.1, -0.05) is 46.3 Å². The Labute approximate surface area is 122 Å². The first-order valence-corrected chi connectivity index (χ1v) is 6.99. The molecule has 116 valence electrons. The lowest BCUT2D eigenvalue weighted by molar-refractivity contribution is -0.139. The van der Waals surface area contributed by atoms with E-state index in [2.05, 4.69) is 24.8 Å². The average molecular weight is 284 g/mol. The molecule has 4 nitrogen and oxygen atoms in total. The molecule has 0 aromatic rings.